The van der Waals surface area contributed by atoms with Gasteiger partial charge in [0.2, 0.25) is 11.3 Å². The molecule has 0 aromatic heterocycles. The smallest absolute Gasteiger partial charge is 0.232 e. The maximum Gasteiger partial charge on any atom is 0.232 e. The molecule has 2 aromatic carbocycles. The van der Waals surface area contributed by atoms with Crippen LogP contribution in [-0.4, -0.2) is 59.0 Å². The summed E-state index contributed by atoms with van der Waals surface area (Å²) in [4.78, 5) is 0. The van der Waals surface area contributed by atoms with E-state index in [0.29, 0.717) is 44.7 Å². The lowest BCUT2D eigenvalue weighted by Crippen LogP contribution is -2.32. The van der Waals surface area contributed by atoms with E-state index in [-0.39, 0.29) is 6.61 Å². The Balaban J connectivity index is 1.27. The van der Waals surface area contributed by atoms with Crippen LogP contribution in [0, 0.1) is 0 Å². The molecule has 2 aromatic rings. The summed E-state index contributed by atoms with van der Waals surface area (Å²) in [7, 11) is 0. The van der Waals surface area contributed by atoms with Crippen LogP contribution in [0.25, 0.3) is 0 Å². The number of hydrogen-bond donors (Lipinski definition) is 4. The van der Waals surface area contributed by atoms with Crippen LogP contribution >= 0.6 is 0 Å². The van der Waals surface area contributed by atoms with Gasteiger partial charge >= 0.3 is 0 Å². The number of aliphatic hydroxyl groups excluding tert-OH is 1. The Kier molecular flexibility index (Phi) is 11.8. The van der Waals surface area contributed by atoms with Crippen LogP contribution in [0.4, 0.5) is 0 Å². The van der Waals surface area contributed by atoms with Gasteiger partial charge in [0, 0.05) is 13.1 Å². The van der Waals surface area contributed by atoms with E-state index >= 15 is 0 Å². The van der Waals surface area contributed by atoms with E-state index in [1.54, 1.807) is 0 Å². The quantitative estimate of drug-likeness (QED) is 0.211. The number of ether oxygens (including phenoxy) is 3. The molecule has 0 heterocycles. The van der Waals surface area contributed by atoms with E-state index in [4.69, 9.17) is 18.8 Å². The molecule has 2 unspecified atom stereocenters. The van der Waals surface area contributed by atoms with Crippen LogP contribution in [0.15, 0.2) is 48.5 Å². The fraction of sp³-hybridized carbons (Fsp3) is 0.520. The maximum absolute atomic E-state index is 10.8. The van der Waals surface area contributed by atoms with E-state index in [9.17, 15) is 9.32 Å². The molecule has 0 radical (unpaired) electrons. The minimum atomic E-state index is -2.04. The molecule has 1 aliphatic rings. The maximum atomic E-state index is 10.8. The number of rotatable bonds is 16. The lowest BCUT2D eigenvalue weighted by atomic mass is 10.0. The minimum absolute atomic E-state index is 0.186. The first-order valence-corrected chi connectivity index (χ1v) is 13.0. The van der Waals surface area contributed by atoms with Crippen molar-refractivity contribution in [2.24, 2.45) is 0 Å². The van der Waals surface area contributed by atoms with Crippen LogP contribution in [-0.2, 0) is 29.0 Å². The van der Waals surface area contributed by atoms with Crippen molar-refractivity contribution < 1.29 is 28.1 Å². The first-order chi connectivity index (χ1) is 16.6. The predicted molar refractivity (Wildman–Crippen MR) is 132 cm³/mol. The fourth-order valence-corrected chi connectivity index (χ4v) is 4.20. The zero-order valence-electron chi connectivity index (χ0n) is 19.5. The van der Waals surface area contributed by atoms with Gasteiger partial charge in [0.15, 0.2) is 0 Å². The summed E-state index contributed by atoms with van der Waals surface area (Å²) in [5, 5.41) is 13.4. The molecule has 0 aliphatic heterocycles. The zero-order chi connectivity index (χ0) is 24.0. The standard InChI is InChI=1S/C25H36N2O6S/c28-22(18-26-14-13-20-5-1-2-6-21(20)17-27-34(29)30)19-33-25-11-9-24(10-12-25)32-16-15-31-23-7-3-4-8-23/h1-2,5-6,9-12,22-23,26-28H,3-4,7-8,13-19H2,(H,29,30). The van der Waals surface area contributed by atoms with Gasteiger partial charge in [-0.2, -0.15) is 0 Å². The van der Waals surface area contributed by atoms with Crippen molar-refractivity contribution in [2.75, 3.05) is 32.9 Å². The first-order valence-electron chi connectivity index (χ1n) is 11.9. The average Bonchev–Trinajstić information content (AvgIpc) is 3.37. The van der Waals surface area contributed by atoms with Gasteiger partial charge in [0.05, 0.1) is 12.7 Å². The third-order valence-corrected chi connectivity index (χ3v) is 6.12. The molecule has 1 fully saturated rings. The van der Waals surface area contributed by atoms with Crippen LogP contribution in [0.5, 0.6) is 11.5 Å². The van der Waals surface area contributed by atoms with E-state index in [1.807, 2.05) is 48.5 Å². The van der Waals surface area contributed by atoms with E-state index in [0.717, 1.165) is 36.1 Å². The van der Waals surface area contributed by atoms with Crippen molar-refractivity contribution >= 4 is 11.3 Å². The summed E-state index contributed by atoms with van der Waals surface area (Å²) in [6.07, 6.45) is 5.36. The largest absolute Gasteiger partial charge is 0.491 e. The second-order valence-electron chi connectivity index (χ2n) is 8.36. The molecule has 0 spiro atoms. The van der Waals surface area contributed by atoms with E-state index < -0.39 is 17.4 Å². The molecule has 0 amide bonds. The Morgan fingerprint density at radius 3 is 2.35 bits per heavy atom. The molecule has 9 heteroatoms. The Morgan fingerprint density at radius 1 is 0.971 bits per heavy atom. The van der Waals surface area contributed by atoms with Crippen LogP contribution in [0.2, 0.25) is 0 Å². The Bertz CT molecular complexity index is 861. The lowest BCUT2D eigenvalue weighted by molar-refractivity contribution is 0.0382. The van der Waals surface area contributed by atoms with Crippen LogP contribution in [0.1, 0.15) is 36.8 Å². The Hall–Kier alpha value is -2.01. The van der Waals surface area contributed by atoms with Crippen molar-refractivity contribution in [2.45, 2.75) is 50.9 Å². The molecule has 8 nitrogen and oxygen atoms in total. The normalized spacial score (nSPS) is 15.8. The molecule has 0 bridgehead atoms. The monoisotopic (exact) mass is 492 g/mol. The molecule has 2 atom stereocenters. The van der Waals surface area contributed by atoms with Crippen molar-refractivity contribution in [1.82, 2.24) is 10.0 Å². The molecule has 0 saturated heterocycles. The third kappa shape index (κ3) is 10.1. The SMILES string of the molecule is O=S(O)NCc1ccccc1CCNCC(O)COc1ccc(OCCOC2CCCC2)cc1. The van der Waals surface area contributed by atoms with E-state index in [1.165, 1.54) is 12.8 Å². The lowest BCUT2D eigenvalue weighted by Gasteiger charge is -2.15. The first kappa shape index (κ1) is 26.6. The Morgan fingerprint density at radius 2 is 1.65 bits per heavy atom. The highest BCUT2D eigenvalue weighted by Gasteiger charge is 2.14. The predicted octanol–water partition coefficient (Wildman–Crippen LogP) is 2.82. The molecular weight excluding hydrogens is 456 g/mol. The number of hydrogen-bond acceptors (Lipinski definition) is 6. The number of nitrogens with one attached hydrogen (secondary N) is 2. The number of aliphatic hydroxyl groups is 1. The van der Waals surface area contributed by atoms with Crippen molar-refractivity contribution in [1.29, 1.82) is 0 Å². The number of benzene rings is 2. The molecular formula is C25H36N2O6S. The summed E-state index contributed by atoms with van der Waals surface area (Å²) in [5.41, 5.74) is 2.07. The topological polar surface area (TPSA) is 109 Å². The van der Waals surface area contributed by atoms with Gasteiger partial charge in [0.25, 0.3) is 0 Å². The van der Waals surface area contributed by atoms with Crippen molar-refractivity contribution in [3.8, 4) is 11.5 Å². The molecule has 188 valence electrons. The highest BCUT2D eigenvalue weighted by Crippen LogP contribution is 2.21. The van der Waals surface area contributed by atoms with Gasteiger partial charge in [-0.3, -0.25) is 4.55 Å². The van der Waals surface area contributed by atoms with Gasteiger partial charge in [-0.05, 0) is 61.2 Å². The molecule has 4 N–H and O–H groups in total. The third-order valence-electron chi connectivity index (χ3n) is 5.73. The highest BCUT2D eigenvalue weighted by molar-refractivity contribution is 7.77. The van der Waals surface area contributed by atoms with Crippen LogP contribution < -0.4 is 19.5 Å². The zero-order valence-corrected chi connectivity index (χ0v) is 20.3. The van der Waals surface area contributed by atoms with Crippen LogP contribution in [0.3, 0.4) is 0 Å². The summed E-state index contributed by atoms with van der Waals surface area (Å²) in [6.45, 7) is 2.73. The van der Waals surface area contributed by atoms with Crippen molar-refractivity contribution in [3.05, 3.63) is 59.7 Å². The molecule has 3 rings (SSSR count). The molecule has 1 saturated carbocycles. The average molecular weight is 493 g/mol. The van der Waals surface area contributed by atoms with Gasteiger partial charge < -0.3 is 24.6 Å². The minimum Gasteiger partial charge on any atom is -0.491 e. The van der Waals surface area contributed by atoms with E-state index in [2.05, 4.69) is 10.0 Å². The fourth-order valence-electron chi connectivity index (χ4n) is 3.92. The van der Waals surface area contributed by atoms with Gasteiger partial charge in [-0.25, -0.2) is 8.93 Å². The van der Waals surface area contributed by atoms with Gasteiger partial charge in [-0.15, -0.1) is 0 Å². The van der Waals surface area contributed by atoms with Gasteiger partial charge in [0.1, 0.15) is 30.8 Å². The second-order valence-corrected chi connectivity index (χ2v) is 9.14. The van der Waals surface area contributed by atoms with Crippen molar-refractivity contribution in [3.63, 3.8) is 0 Å². The van der Waals surface area contributed by atoms with Gasteiger partial charge in [-0.1, -0.05) is 37.1 Å². The highest BCUT2D eigenvalue weighted by atomic mass is 32.2. The summed E-state index contributed by atoms with van der Waals surface area (Å²) in [5.74, 6) is 1.45. The molecule has 34 heavy (non-hydrogen) atoms. The summed E-state index contributed by atoms with van der Waals surface area (Å²) in [6, 6.07) is 15.1. The second kappa shape index (κ2) is 15.1. The summed E-state index contributed by atoms with van der Waals surface area (Å²) < 4.78 is 39.4. The Labute approximate surface area is 204 Å². The summed E-state index contributed by atoms with van der Waals surface area (Å²) >= 11 is -2.04. The molecule has 1 aliphatic carbocycles.